The number of hydrogen-bond donors (Lipinski definition) is 1. The van der Waals surface area contributed by atoms with Crippen LogP contribution < -0.4 is 5.32 Å². The minimum atomic E-state index is -3.54. The van der Waals surface area contributed by atoms with Crippen LogP contribution in [0.1, 0.15) is 33.0 Å². The van der Waals surface area contributed by atoms with Crippen LogP contribution in [-0.4, -0.2) is 90.5 Å². The van der Waals surface area contributed by atoms with Crippen LogP contribution in [0, 0.1) is 6.92 Å². The summed E-state index contributed by atoms with van der Waals surface area (Å²) >= 11 is 0. The first-order chi connectivity index (χ1) is 13.7. The molecule has 1 N–H and O–H groups in total. The molecule has 0 saturated carbocycles. The molecule has 0 radical (unpaired) electrons. The molecule has 10 nitrogen and oxygen atoms in total. The molecule has 2 aliphatic rings. The first-order valence-corrected chi connectivity index (χ1v) is 11.5. The van der Waals surface area contributed by atoms with Crippen molar-refractivity contribution in [1.29, 1.82) is 0 Å². The SMILES string of the molecule is CC[C@H](C(=O)Nc1cc(C)on1)N1CCN(S(=O)(=O)N2C[C@@H](C)O[C@H](C)C2)CC1. The number of rotatable bonds is 6. The van der Waals surface area contributed by atoms with Crippen molar-refractivity contribution in [3.8, 4) is 0 Å². The van der Waals surface area contributed by atoms with Crippen LogP contribution >= 0.6 is 0 Å². The lowest BCUT2D eigenvalue weighted by Crippen LogP contribution is -2.59. The summed E-state index contributed by atoms with van der Waals surface area (Å²) in [6.07, 6.45) is 0.375. The van der Waals surface area contributed by atoms with E-state index >= 15 is 0 Å². The van der Waals surface area contributed by atoms with Crippen molar-refractivity contribution in [2.75, 3.05) is 44.6 Å². The molecule has 0 spiro atoms. The molecule has 0 aliphatic carbocycles. The van der Waals surface area contributed by atoms with E-state index < -0.39 is 10.2 Å². The topological polar surface area (TPSA) is 108 Å². The molecular weight excluding hydrogens is 398 g/mol. The van der Waals surface area contributed by atoms with Gasteiger partial charge in [0.2, 0.25) is 5.91 Å². The first-order valence-electron chi connectivity index (χ1n) is 10.1. The molecule has 3 rings (SSSR count). The number of nitrogens with zero attached hydrogens (tertiary/aromatic N) is 4. The van der Waals surface area contributed by atoms with Gasteiger partial charge in [-0.25, -0.2) is 0 Å². The number of hydrogen-bond acceptors (Lipinski definition) is 7. The molecule has 0 bridgehead atoms. The van der Waals surface area contributed by atoms with E-state index in [0.717, 1.165) is 0 Å². The van der Waals surface area contributed by atoms with E-state index in [1.807, 2.05) is 25.7 Å². The van der Waals surface area contributed by atoms with Crippen molar-refractivity contribution in [2.45, 2.75) is 52.4 Å². The van der Waals surface area contributed by atoms with E-state index in [0.29, 0.717) is 57.3 Å². The van der Waals surface area contributed by atoms with Gasteiger partial charge in [-0.3, -0.25) is 9.69 Å². The zero-order valence-electron chi connectivity index (χ0n) is 17.5. The van der Waals surface area contributed by atoms with Gasteiger partial charge in [-0.05, 0) is 27.2 Å². The van der Waals surface area contributed by atoms with Gasteiger partial charge >= 0.3 is 0 Å². The molecule has 1 aromatic rings. The van der Waals surface area contributed by atoms with Crippen molar-refractivity contribution in [3.05, 3.63) is 11.8 Å². The molecule has 0 unspecified atom stereocenters. The third-order valence-electron chi connectivity index (χ3n) is 5.32. The standard InChI is InChI=1S/C18H31N5O5S/c1-5-16(18(24)19-17-10-13(2)28-20-17)21-6-8-22(9-7-21)29(25,26)23-11-14(3)27-15(4)12-23/h10,14-16H,5-9,11-12H2,1-4H3,(H,19,20,24)/t14-,15-,16-/m1/s1. The second-order valence-electron chi connectivity index (χ2n) is 7.75. The monoisotopic (exact) mass is 429 g/mol. The minimum Gasteiger partial charge on any atom is -0.373 e. The maximum Gasteiger partial charge on any atom is 0.282 e. The first kappa shape index (κ1) is 22.2. The molecule has 11 heteroatoms. The largest absolute Gasteiger partial charge is 0.373 e. The maximum atomic E-state index is 13.0. The molecule has 2 aliphatic heterocycles. The molecule has 2 saturated heterocycles. The van der Waals surface area contributed by atoms with Crippen molar-refractivity contribution in [1.82, 2.24) is 18.7 Å². The minimum absolute atomic E-state index is 0.122. The van der Waals surface area contributed by atoms with Crippen molar-refractivity contribution in [3.63, 3.8) is 0 Å². The number of carbonyl (C=O) groups excluding carboxylic acids is 1. The van der Waals surface area contributed by atoms with Crippen LogP contribution in [0.25, 0.3) is 0 Å². The molecule has 1 aromatic heterocycles. The lowest BCUT2D eigenvalue weighted by Gasteiger charge is -2.41. The van der Waals surface area contributed by atoms with Gasteiger partial charge in [0, 0.05) is 45.3 Å². The number of carbonyl (C=O) groups is 1. The number of anilines is 1. The zero-order valence-corrected chi connectivity index (χ0v) is 18.3. The number of morpholine rings is 1. The van der Waals surface area contributed by atoms with Crippen LogP contribution in [0.2, 0.25) is 0 Å². The van der Waals surface area contributed by atoms with Gasteiger partial charge in [-0.15, -0.1) is 0 Å². The lowest BCUT2D eigenvalue weighted by atomic mass is 10.1. The second kappa shape index (κ2) is 9.09. The van der Waals surface area contributed by atoms with E-state index in [1.165, 1.54) is 8.61 Å². The Hall–Kier alpha value is -1.53. The van der Waals surface area contributed by atoms with Gasteiger partial charge in [0.05, 0.1) is 18.2 Å². The average molecular weight is 430 g/mol. The number of ether oxygens (including phenoxy) is 1. The van der Waals surface area contributed by atoms with Crippen LogP contribution in [-0.2, 0) is 19.7 Å². The van der Waals surface area contributed by atoms with Crippen molar-refractivity contribution in [2.24, 2.45) is 0 Å². The molecule has 3 heterocycles. The number of piperazine rings is 1. The fourth-order valence-corrected chi connectivity index (χ4v) is 5.72. The van der Waals surface area contributed by atoms with Crippen LogP contribution in [0.5, 0.6) is 0 Å². The molecule has 2 fully saturated rings. The van der Waals surface area contributed by atoms with E-state index in [1.54, 1.807) is 13.0 Å². The Bertz CT molecular complexity index is 795. The van der Waals surface area contributed by atoms with Gasteiger partial charge < -0.3 is 14.6 Å². The number of nitrogens with one attached hydrogen (secondary N) is 1. The van der Waals surface area contributed by atoms with Gasteiger partial charge in [0.1, 0.15) is 5.76 Å². The summed E-state index contributed by atoms with van der Waals surface area (Å²) < 4.78 is 39.7. The summed E-state index contributed by atoms with van der Waals surface area (Å²) in [6.45, 7) is 9.91. The Balaban J connectivity index is 1.59. The molecule has 1 amide bonds. The number of aromatic nitrogens is 1. The number of aryl methyl sites for hydroxylation is 1. The van der Waals surface area contributed by atoms with E-state index in [9.17, 15) is 13.2 Å². The molecule has 164 valence electrons. The highest BCUT2D eigenvalue weighted by Crippen LogP contribution is 2.20. The van der Waals surface area contributed by atoms with Crippen molar-refractivity contribution >= 4 is 21.9 Å². The van der Waals surface area contributed by atoms with Crippen LogP contribution in [0.15, 0.2) is 10.6 Å². The summed E-state index contributed by atoms with van der Waals surface area (Å²) in [5, 5.41) is 6.57. The van der Waals surface area contributed by atoms with E-state index in [-0.39, 0.29) is 24.2 Å². The van der Waals surface area contributed by atoms with Crippen molar-refractivity contribution < 1.29 is 22.5 Å². The summed E-state index contributed by atoms with van der Waals surface area (Å²) in [7, 11) is -3.54. The Morgan fingerprint density at radius 1 is 1.21 bits per heavy atom. The van der Waals surface area contributed by atoms with Gasteiger partial charge in [-0.2, -0.15) is 17.0 Å². The summed E-state index contributed by atoms with van der Waals surface area (Å²) in [4.78, 5) is 14.7. The number of amides is 1. The van der Waals surface area contributed by atoms with E-state index in [2.05, 4.69) is 10.5 Å². The quantitative estimate of drug-likeness (QED) is 0.708. The molecule has 29 heavy (non-hydrogen) atoms. The highest BCUT2D eigenvalue weighted by Gasteiger charge is 2.38. The van der Waals surface area contributed by atoms with Gasteiger partial charge in [-0.1, -0.05) is 12.1 Å². The zero-order chi connectivity index (χ0) is 21.2. The second-order valence-corrected chi connectivity index (χ2v) is 9.68. The third-order valence-corrected chi connectivity index (χ3v) is 7.29. The molecular formula is C18H31N5O5S. The predicted octanol–water partition coefficient (Wildman–Crippen LogP) is 0.672. The Morgan fingerprint density at radius 2 is 1.83 bits per heavy atom. The average Bonchev–Trinajstić information content (AvgIpc) is 3.06. The Labute approximate surface area is 172 Å². The Morgan fingerprint density at radius 3 is 2.34 bits per heavy atom. The molecule has 0 aromatic carbocycles. The maximum absolute atomic E-state index is 13.0. The summed E-state index contributed by atoms with van der Waals surface area (Å²) in [6, 6.07) is 1.32. The van der Waals surface area contributed by atoms with Gasteiger partial charge in [0.25, 0.3) is 10.2 Å². The summed E-state index contributed by atoms with van der Waals surface area (Å²) in [5.74, 6) is 0.856. The fraction of sp³-hybridized carbons (Fsp3) is 0.778. The normalized spacial score (nSPS) is 26.3. The highest BCUT2D eigenvalue weighted by molar-refractivity contribution is 7.86. The van der Waals surface area contributed by atoms with E-state index in [4.69, 9.17) is 9.26 Å². The third kappa shape index (κ3) is 5.15. The fourth-order valence-electron chi connectivity index (χ4n) is 3.97. The van der Waals surface area contributed by atoms with Crippen LogP contribution in [0.4, 0.5) is 5.82 Å². The lowest BCUT2D eigenvalue weighted by molar-refractivity contribution is -0.122. The smallest absolute Gasteiger partial charge is 0.282 e. The van der Waals surface area contributed by atoms with Crippen LogP contribution in [0.3, 0.4) is 0 Å². The Kier molecular flexibility index (Phi) is 6.94. The highest BCUT2D eigenvalue weighted by atomic mass is 32.2. The van der Waals surface area contributed by atoms with Gasteiger partial charge in [0.15, 0.2) is 5.82 Å². The summed E-state index contributed by atoms with van der Waals surface area (Å²) in [5.41, 5.74) is 0. The molecule has 3 atom stereocenters. The predicted molar refractivity (Wildman–Crippen MR) is 108 cm³/mol.